The number of rotatable bonds is 12. The normalized spacial score (nSPS) is 14.9. The zero-order valence-corrected chi connectivity index (χ0v) is 17.6. The Morgan fingerprint density at radius 3 is 2.57 bits per heavy atom. The van der Waals surface area contributed by atoms with Crippen LogP contribution in [0.1, 0.15) is 62.2 Å². The van der Waals surface area contributed by atoms with Gasteiger partial charge in [-0.2, -0.15) is 0 Å². The van der Waals surface area contributed by atoms with Crippen molar-refractivity contribution in [3.63, 3.8) is 0 Å². The number of ether oxygens (including phenoxy) is 2. The molecule has 1 fully saturated rings. The third-order valence-electron chi connectivity index (χ3n) is 4.79. The van der Waals surface area contributed by atoms with E-state index in [0.717, 1.165) is 45.1 Å². The van der Waals surface area contributed by atoms with Crippen LogP contribution in [-0.2, 0) is 14.8 Å². The minimum Gasteiger partial charge on any atom is -0.495 e. The van der Waals surface area contributed by atoms with Crippen molar-refractivity contribution in [2.75, 3.05) is 26.9 Å². The van der Waals surface area contributed by atoms with Crippen molar-refractivity contribution in [3.8, 4) is 5.75 Å². The molecule has 7 nitrogen and oxygen atoms in total. The molecule has 0 aliphatic heterocycles. The topological polar surface area (TPSA) is 93.7 Å². The largest absolute Gasteiger partial charge is 0.495 e. The summed E-state index contributed by atoms with van der Waals surface area (Å²) >= 11 is 0. The molecule has 1 aliphatic rings. The first-order valence-electron chi connectivity index (χ1n) is 10.0. The van der Waals surface area contributed by atoms with Crippen molar-refractivity contribution in [2.24, 2.45) is 0 Å². The monoisotopic (exact) mass is 412 g/mol. The van der Waals surface area contributed by atoms with Crippen LogP contribution in [0.15, 0.2) is 23.1 Å². The average molecular weight is 413 g/mol. The number of unbranched alkanes of at least 4 members (excludes halogenated alkanes) is 1. The Kier molecular flexibility index (Phi) is 9.21. The van der Waals surface area contributed by atoms with Crippen molar-refractivity contribution >= 4 is 15.9 Å². The molecule has 2 N–H and O–H groups in total. The Bertz CT molecular complexity index is 730. The summed E-state index contributed by atoms with van der Waals surface area (Å²) in [5, 5.41) is 2.80. The molecule has 0 spiro atoms. The lowest BCUT2D eigenvalue weighted by atomic mass is 10.2. The molecule has 158 valence electrons. The second-order valence-corrected chi connectivity index (χ2v) is 8.73. The second-order valence-electron chi connectivity index (χ2n) is 7.04. The van der Waals surface area contributed by atoms with E-state index in [2.05, 4.69) is 17.0 Å². The van der Waals surface area contributed by atoms with Gasteiger partial charge in [0.25, 0.3) is 5.91 Å². The van der Waals surface area contributed by atoms with Crippen LogP contribution in [0.3, 0.4) is 0 Å². The minimum absolute atomic E-state index is 0.00236. The third kappa shape index (κ3) is 6.76. The van der Waals surface area contributed by atoms with Gasteiger partial charge in [0.1, 0.15) is 10.6 Å². The molecule has 0 saturated heterocycles. The number of methoxy groups -OCH3 is 1. The maximum Gasteiger partial charge on any atom is 0.251 e. The zero-order chi connectivity index (χ0) is 20.4. The standard InChI is InChI=1S/C20H32N2O5S/c1-3-4-13-27-14-7-12-21-20(23)16-10-11-18(26-2)19(15-16)28(24,25)22-17-8-5-6-9-17/h10-11,15,17,22H,3-9,12-14H2,1-2H3,(H,21,23). The molecule has 28 heavy (non-hydrogen) atoms. The number of sulfonamides is 1. The molecule has 0 bridgehead atoms. The fourth-order valence-corrected chi connectivity index (χ4v) is 4.68. The highest BCUT2D eigenvalue weighted by atomic mass is 32.2. The first kappa shape index (κ1) is 22.6. The summed E-state index contributed by atoms with van der Waals surface area (Å²) in [5.41, 5.74) is 0.291. The molecule has 1 aromatic rings. The number of amides is 1. The molecule has 0 heterocycles. The quantitative estimate of drug-likeness (QED) is 0.515. The van der Waals surface area contributed by atoms with Crippen LogP contribution in [0.4, 0.5) is 0 Å². The number of benzene rings is 1. The molecule has 8 heteroatoms. The highest BCUT2D eigenvalue weighted by molar-refractivity contribution is 7.89. The van der Waals surface area contributed by atoms with Gasteiger partial charge in [-0.3, -0.25) is 4.79 Å². The zero-order valence-electron chi connectivity index (χ0n) is 16.8. The van der Waals surface area contributed by atoms with Crippen molar-refractivity contribution in [3.05, 3.63) is 23.8 Å². The number of carbonyl (C=O) groups excluding carboxylic acids is 1. The van der Waals surface area contributed by atoms with Crippen LogP contribution in [0.5, 0.6) is 5.75 Å². The smallest absolute Gasteiger partial charge is 0.251 e. The summed E-state index contributed by atoms with van der Waals surface area (Å²) in [7, 11) is -2.34. The number of carbonyl (C=O) groups is 1. The van der Waals surface area contributed by atoms with Gasteiger partial charge in [-0.05, 0) is 43.9 Å². The molecule has 1 amide bonds. The Balaban J connectivity index is 1.97. The number of hydrogen-bond acceptors (Lipinski definition) is 5. The van der Waals surface area contributed by atoms with Crippen LogP contribution in [-0.4, -0.2) is 47.2 Å². The number of nitrogens with one attached hydrogen (secondary N) is 2. The molecule has 2 rings (SSSR count). The Hall–Kier alpha value is -1.64. The lowest BCUT2D eigenvalue weighted by Gasteiger charge is -2.15. The fraction of sp³-hybridized carbons (Fsp3) is 0.650. The van der Waals surface area contributed by atoms with Gasteiger partial charge in [-0.15, -0.1) is 0 Å². The van der Waals surface area contributed by atoms with Gasteiger partial charge in [0.05, 0.1) is 7.11 Å². The van der Waals surface area contributed by atoms with E-state index >= 15 is 0 Å². The van der Waals surface area contributed by atoms with E-state index < -0.39 is 10.0 Å². The SMILES string of the molecule is CCCCOCCCNC(=O)c1ccc(OC)c(S(=O)(=O)NC2CCCC2)c1. The molecular formula is C20H32N2O5S. The molecule has 0 unspecified atom stereocenters. The van der Waals surface area contributed by atoms with Gasteiger partial charge in [0.2, 0.25) is 10.0 Å². The first-order valence-corrected chi connectivity index (χ1v) is 11.5. The summed E-state index contributed by atoms with van der Waals surface area (Å²) in [6.07, 6.45) is 6.55. The Morgan fingerprint density at radius 2 is 1.89 bits per heavy atom. The summed E-state index contributed by atoms with van der Waals surface area (Å²) in [5.74, 6) is -0.0834. The summed E-state index contributed by atoms with van der Waals surface area (Å²) < 4.78 is 39.0. The highest BCUT2D eigenvalue weighted by Crippen LogP contribution is 2.27. The van der Waals surface area contributed by atoms with Crippen LogP contribution < -0.4 is 14.8 Å². The van der Waals surface area contributed by atoms with Crippen molar-refractivity contribution in [1.29, 1.82) is 0 Å². The lowest BCUT2D eigenvalue weighted by molar-refractivity contribution is 0.0940. The molecule has 1 saturated carbocycles. The lowest BCUT2D eigenvalue weighted by Crippen LogP contribution is -2.33. The highest BCUT2D eigenvalue weighted by Gasteiger charge is 2.26. The summed E-state index contributed by atoms with van der Waals surface area (Å²) in [6.45, 7) is 3.90. The maximum absolute atomic E-state index is 12.8. The van der Waals surface area contributed by atoms with Gasteiger partial charge in [-0.25, -0.2) is 13.1 Å². The van der Waals surface area contributed by atoms with Crippen molar-refractivity contribution < 1.29 is 22.7 Å². The molecular weight excluding hydrogens is 380 g/mol. The molecule has 1 aromatic carbocycles. The van der Waals surface area contributed by atoms with E-state index in [1.807, 2.05) is 0 Å². The van der Waals surface area contributed by atoms with Gasteiger partial charge in [0.15, 0.2) is 0 Å². The van der Waals surface area contributed by atoms with Crippen LogP contribution in [0.25, 0.3) is 0 Å². The van der Waals surface area contributed by atoms with Gasteiger partial charge in [-0.1, -0.05) is 26.2 Å². The molecule has 0 aromatic heterocycles. The Labute approximate surface area is 168 Å². The average Bonchev–Trinajstić information content (AvgIpc) is 3.18. The van der Waals surface area contributed by atoms with E-state index in [0.29, 0.717) is 25.1 Å². The van der Waals surface area contributed by atoms with Gasteiger partial charge >= 0.3 is 0 Å². The predicted octanol–water partition coefficient (Wildman–Crippen LogP) is 2.85. The summed E-state index contributed by atoms with van der Waals surface area (Å²) in [6, 6.07) is 4.41. The van der Waals surface area contributed by atoms with Crippen molar-refractivity contribution in [2.45, 2.75) is 62.8 Å². The summed E-state index contributed by atoms with van der Waals surface area (Å²) in [4.78, 5) is 12.4. The first-order chi connectivity index (χ1) is 13.5. The maximum atomic E-state index is 12.8. The predicted molar refractivity (Wildman–Crippen MR) is 108 cm³/mol. The van der Waals surface area contributed by atoms with Gasteiger partial charge in [0, 0.05) is 31.4 Å². The molecule has 1 aliphatic carbocycles. The van der Waals surface area contributed by atoms with E-state index in [9.17, 15) is 13.2 Å². The van der Waals surface area contributed by atoms with Crippen molar-refractivity contribution in [1.82, 2.24) is 10.0 Å². The van der Waals surface area contributed by atoms with E-state index in [4.69, 9.17) is 9.47 Å². The molecule has 0 radical (unpaired) electrons. The van der Waals surface area contributed by atoms with Crippen LogP contribution in [0.2, 0.25) is 0 Å². The second kappa shape index (κ2) is 11.4. The van der Waals surface area contributed by atoms with E-state index in [1.54, 1.807) is 6.07 Å². The molecule has 0 atom stereocenters. The van der Waals surface area contributed by atoms with Gasteiger partial charge < -0.3 is 14.8 Å². The van der Waals surface area contributed by atoms with Crippen LogP contribution >= 0.6 is 0 Å². The van der Waals surface area contributed by atoms with E-state index in [1.165, 1.54) is 19.2 Å². The van der Waals surface area contributed by atoms with Crippen LogP contribution in [0, 0.1) is 0 Å². The minimum atomic E-state index is -3.76. The fourth-order valence-electron chi connectivity index (χ4n) is 3.18. The number of hydrogen-bond donors (Lipinski definition) is 2. The Morgan fingerprint density at radius 1 is 1.18 bits per heavy atom. The third-order valence-corrected chi connectivity index (χ3v) is 6.33. The van der Waals surface area contributed by atoms with E-state index in [-0.39, 0.29) is 22.6 Å².